The number of rotatable bonds is 6. The van der Waals surface area contributed by atoms with Gasteiger partial charge in [-0.15, -0.1) is 48.2 Å². The van der Waals surface area contributed by atoms with E-state index >= 15 is 0 Å². The molecule has 0 amide bonds. The van der Waals surface area contributed by atoms with Crippen LogP contribution in [0.2, 0.25) is 0 Å². The molecule has 1 aromatic rings. The molecule has 0 aliphatic carbocycles. The van der Waals surface area contributed by atoms with Crippen LogP contribution in [0.25, 0.3) is 0 Å². The van der Waals surface area contributed by atoms with Crippen molar-refractivity contribution in [3.05, 3.63) is 35.3 Å². The molecule has 1 aliphatic rings. The molecule has 0 atom stereocenters. The third kappa shape index (κ3) is 7.42. The summed E-state index contributed by atoms with van der Waals surface area (Å²) in [4.78, 5) is 11.2. The SMILES string of the molecule is Cc1cc(SCCCCl)cc(CC2=CC(=S)CC=N2)n1.Cl.Cl. The van der Waals surface area contributed by atoms with Gasteiger partial charge in [-0.2, -0.15) is 0 Å². The molecule has 0 bridgehead atoms. The van der Waals surface area contributed by atoms with Crippen LogP contribution in [0.15, 0.2) is 33.8 Å². The number of allylic oxidation sites excluding steroid dienone is 2. The highest BCUT2D eigenvalue weighted by molar-refractivity contribution is 7.99. The number of pyridine rings is 1. The van der Waals surface area contributed by atoms with E-state index in [1.807, 2.05) is 31.0 Å². The minimum atomic E-state index is 0. The minimum absolute atomic E-state index is 0. The first-order valence-electron chi connectivity index (χ1n) is 6.59. The lowest BCUT2D eigenvalue weighted by atomic mass is 10.1. The molecule has 1 aromatic heterocycles. The van der Waals surface area contributed by atoms with Gasteiger partial charge in [0.1, 0.15) is 0 Å². The van der Waals surface area contributed by atoms with E-state index in [1.54, 1.807) is 0 Å². The van der Waals surface area contributed by atoms with Gasteiger partial charge < -0.3 is 0 Å². The fourth-order valence-corrected chi connectivity index (χ4v) is 3.44. The predicted octanol–water partition coefficient (Wildman–Crippen LogP) is 5.23. The van der Waals surface area contributed by atoms with Crippen LogP contribution in [0, 0.1) is 6.92 Å². The van der Waals surface area contributed by atoms with E-state index in [9.17, 15) is 0 Å². The van der Waals surface area contributed by atoms with Crippen LogP contribution in [0.1, 0.15) is 24.2 Å². The van der Waals surface area contributed by atoms with Crippen molar-refractivity contribution >= 4 is 71.5 Å². The summed E-state index contributed by atoms with van der Waals surface area (Å²) in [5.41, 5.74) is 3.08. The van der Waals surface area contributed by atoms with E-state index in [2.05, 4.69) is 22.1 Å². The van der Waals surface area contributed by atoms with Crippen molar-refractivity contribution in [2.45, 2.75) is 31.1 Å². The highest BCUT2D eigenvalue weighted by Crippen LogP contribution is 2.22. The van der Waals surface area contributed by atoms with Gasteiger partial charge >= 0.3 is 0 Å². The predicted molar refractivity (Wildman–Crippen MR) is 107 cm³/mol. The van der Waals surface area contributed by atoms with Crippen molar-refractivity contribution in [2.24, 2.45) is 4.99 Å². The molecule has 0 saturated carbocycles. The number of thioether (sulfide) groups is 1. The molecular formula is C15H19Cl3N2S2. The highest BCUT2D eigenvalue weighted by Gasteiger charge is 2.07. The van der Waals surface area contributed by atoms with E-state index in [0.29, 0.717) is 5.88 Å². The summed E-state index contributed by atoms with van der Waals surface area (Å²) in [5.74, 6) is 1.75. The zero-order valence-corrected chi connectivity index (χ0v) is 16.3. The van der Waals surface area contributed by atoms with Crippen molar-refractivity contribution in [2.75, 3.05) is 11.6 Å². The first-order chi connectivity index (χ1) is 9.67. The van der Waals surface area contributed by atoms with Gasteiger partial charge in [-0.25, -0.2) is 0 Å². The number of aromatic nitrogens is 1. The maximum atomic E-state index is 5.71. The smallest absolute Gasteiger partial charge is 0.0477 e. The van der Waals surface area contributed by atoms with Crippen molar-refractivity contribution < 1.29 is 0 Å². The number of alkyl halides is 1. The Morgan fingerprint density at radius 3 is 2.77 bits per heavy atom. The average Bonchev–Trinajstić information content (AvgIpc) is 2.38. The van der Waals surface area contributed by atoms with Crippen LogP contribution in [0.5, 0.6) is 0 Å². The van der Waals surface area contributed by atoms with Crippen LogP contribution < -0.4 is 0 Å². The standard InChI is InChI=1S/C15H17ClN2S2.2ClH/c1-11-7-15(20-6-2-4-16)10-13(18-11)8-12-9-14(19)3-5-17-12;;/h5,7,9-10H,2-4,6,8H2,1H3;2*1H. The molecule has 2 rings (SSSR count). The molecule has 0 N–H and O–H groups in total. The third-order valence-electron chi connectivity index (χ3n) is 2.77. The Morgan fingerprint density at radius 2 is 2.09 bits per heavy atom. The molecule has 0 aromatic carbocycles. The third-order valence-corrected chi connectivity index (χ3v) is 4.38. The first kappa shape index (κ1) is 21.9. The second-order valence-corrected chi connectivity index (χ2v) is 6.69. The van der Waals surface area contributed by atoms with Gasteiger partial charge in [0.25, 0.3) is 0 Å². The zero-order valence-electron chi connectivity index (χ0n) is 12.3. The number of thiocarbonyl (C=S) groups is 1. The van der Waals surface area contributed by atoms with Crippen molar-refractivity contribution in [1.82, 2.24) is 4.98 Å². The second-order valence-electron chi connectivity index (χ2n) is 4.62. The van der Waals surface area contributed by atoms with Crippen LogP contribution in [0.4, 0.5) is 0 Å². The molecule has 7 heteroatoms. The summed E-state index contributed by atoms with van der Waals surface area (Å²) < 4.78 is 0. The van der Waals surface area contributed by atoms with Crippen LogP contribution >= 0.6 is 60.4 Å². The number of aliphatic imine (C=N–C) groups is 1. The molecule has 22 heavy (non-hydrogen) atoms. The number of aryl methyl sites for hydroxylation is 1. The van der Waals surface area contributed by atoms with E-state index in [0.717, 1.165) is 47.0 Å². The summed E-state index contributed by atoms with van der Waals surface area (Å²) >= 11 is 12.8. The molecule has 0 unspecified atom stereocenters. The van der Waals surface area contributed by atoms with Crippen LogP contribution in [-0.4, -0.2) is 27.7 Å². The summed E-state index contributed by atoms with van der Waals surface area (Å²) in [7, 11) is 0. The Balaban J connectivity index is 0.00000220. The fraction of sp³-hybridized carbons (Fsp3) is 0.400. The minimum Gasteiger partial charge on any atom is -0.265 e. The number of halogens is 3. The Hall–Kier alpha value is -0.130. The Bertz CT molecular complexity index is 560. The van der Waals surface area contributed by atoms with Crippen LogP contribution in [0.3, 0.4) is 0 Å². The maximum Gasteiger partial charge on any atom is 0.0477 e. The maximum absolute atomic E-state index is 5.71. The molecule has 122 valence electrons. The normalized spacial score (nSPS) is 13.2. The van der Waals surface area contributed by atoms with Gasteiger partial charge in [-0.1, -0.05) is 12.2 Å². The lowest BCUT2D eigenvalue weighted by Gasteiger charge is -2.09. The number of hydrogen-bond acceptors (Lipinski definition) is 4. The van der Waals surface area contributed by atoms with Crippen molar-refractivity contribution in [1.29, 1.82) is 0 Å². The van der Waals surface area contributed by atoms with E-state index in [4.69, 9.17) is 23.8 Å². The molecule has 1 aliphatic heterocycles. The first-order valence-corrected chi connectivity index (χ1v) is 8.52. The fourth-order valence-electron chi connectivity index (χ4n) is 1.94. The number of hydrogen-bond donors (Lipinski definition) is 0. The monoisotopic (exact) mass is 396 g/mol. The molecular weight excluding hydrogens is 379 g/mol. The lowest BCUT2D eigenvalue weighted by Crippen LogP contribution is -2.03. The van der Waals surface area contributed by atoms with Gasteiger partial charge in [0, 0.05) is 51.8 Å². The van der Waals surface area contributed by atoms with Crippen molar-refractivity contribution in [3.8, 4) is 0 Å². The van der Waals surface area contributed by atoms with Gasteiger partial charge in [-0.05, 0) is 37.3 Å². The molecule has 2 heterocycles. The molecule has 0 fully saturated rings. The van der Waals surface area contributed by atoms with Gasteiger partial charge in [0.05, 0.1) is 0 Å². The van der Waals surface area contributed by atoms with Crippen LogP contribution in [-0.2, 0) is 6.42 Å². The van der Waals surface area contributed by atoms with Gasteiger partial charge in [0.15, 0.2) is 0 Å². The topological polar surface area (TPSA) is 25.2 Å². The molecule has 0 radical (unpaired) electrons. The Labute approximate surface area is 159 Å². The van der Waals surface area contributed by atoms with E-state index < -0.39 is 0 Å². The average molecular weight is 398 g/mol. The highest BCUT2D eigenvalue weighted by atomic mass is 35.5. The van der Waals surface area contributed by atoms with E-state index in [1.165, 1.54) is 4.90 Å². The largest absolute Gasteiger partial charge is 0.265 e. The molecule has 0 saturated heterocycles. The van der Waals surface area contributed by atoms with Gasteiger partial charge in [-0.3, -0.25) is 9.98 Å². The summed E-state index contributed by atoms with van der Waals surface area (Å²) in [6, 6.07) is 4.26. The molecule has 2 nitrogen and oxygen atoms in total. The molecule has 0 spiro atoms. The summed E-state index contributed by atoms with van der Waals surface area (Å²) in [6.45, 7) is 2.03. The van der Waals surface area contributed by atoms with E-state index in [-0.39, 0.29) is 24.8 Å². The quantitative estimate of drug-likeness (QED) is 0.284. The Morgan fingerprint density at radius 1 is 1.32 bits per heavy atom. The van der Waals surface area contributed by atoms with Gasteiger partial charge in [0.2, 0.25) is 0 Å². The summed E-state index contributed by atoms with van der Waals surface area (Å²) in [6.07, 6.45) is 6.40. The number of nitrogens with zero attached hydrogens (tertiary/aromatic N) is 2. The summed E-state index contributed by atoms with van der Waals surface area (Å²) in [5, 5.41) is 0. The lowest BCUT2D eigenvalue weighted by molar-refractivity contribution is 0.984. The Kier molecular flexibility index (Phi) is 11.3. The van der Waals surface area contributed by atoms with Crippen molar-refractivity contribution in [3.63, 3.8) is 0 Å². The zero-order chi connectivity index (χ0) is 14.4. The second kappa shape index (κ2) is 11.4.